The van der Waals surface area contributed by atoms with Gasteiger partial charge in [0, 0.05) is 17.4 Å². The number of pyridine rings is 1. The van der Waals surface area contributed by atoms with Gasteiger partial charge in [0.25, 0.3) is 0 Å². The van der Waals surface area contributed by atoms with Crippen molar-refractivity contribution in [1.82, 2.24) is 4.98 Å². The van der Waals surface area contributed by atoms with E-state index < -0.39 is 41.7 Å². The van der Waals surface area contributed by atoms with Crippen molar-refractivity contribution in [3.8, 4) is 0 Å². The number of alkyl halides is 3. The lowest BCUT2D eigenvalue weighted by atomic mass is 9.75. The predicted molar refractivity (Wildman–Crippen MR) is 84.6 cm³/mol. The number of halogens is 3. The van der Waals surface area contributed by atoms with Gasteiger partial charge < -0.3 is 9.84 Å². The van der Waals surface area contributed by atoms with Crippen LogP contribution in [0.5, 0.6) is 0 Å². The summed E-state index contributed by atoms with van der Waals surface area (Å²) in [6.07, 6.45) is -3.17. The lowest BCUT2D eigenvalue weighted by molar-refractivity contribution is -0.141. The van der Waals surface area contributed by atoms with Gasteiger partial charge in [0.1, 0.15) is 11.6 Å². The van der Waals surface area contributed by atoms with E-state index in [4.69, 9.17) is 9.84 Å². The number of fused-ring (bicyclic) bond motifs is 2. The molecule has 0 amide bonds. The molecule has 1 heterocycles. The molecule has 0 radical (unpaired) electrons. The van der Waals surface area contributed by atoms with Crippen LogP contribution < -0.4 is 0 Å². The highest BCUT2D eigenvalue weighted by atomic mass is 19.4. The molecule has 2 aliphatic carbocycles. The van der Waals surface area contributed by atoms with Gasteiger partial charge in [-0.2, -0.15) is 13.2 Å². The van der Waals surface area contributed by atoms with E-state index in [0.29, 0.717) is 25.3 Å². The van der Waals surface area contributed by atoms with Crippen molar-refractivity contribution in [3.63, 3.8) is 0 Å². The zero-order chi connectivity index (χ0) is 19.8. The van der Waals surface area contributed by atoms with E-state index in [9.17, 15) is 27.6 Å². The Morgan fingerprint density at radius 1 is 1.19 bits per heavy atom. The SMILES string of the molecule is O=C(c1ccc(C(F)(F)F)nc1COCCO)C1C(=O)C2CCC(C2)C1=O. The second-order valence-corrected chi connectivity index (χ2v) is 6.77. The number of nitrogens with zero attached hydrogens (tertiary/aromatic N) is 1. The second kappa shape index (κ2) is 7.47. The predicted octanol–water partition coefficient (Wildman–Crippen LogP) is 1.98. The highest BCUT2D eigenvalue weighted by Gasteiger charge is 2.50. The van der Waals surface area contributed by atoms with E-state index in [2.05, 4.69) is 4.98 Å². The summed E-state index contributed by atoms with van der Waals surface area (Å²) in [6.45, 7) is -0.963. The van der Waals surface area contributed by atoms with Crippen LogP contribution in [0.4, 0.5) is 13.2 Å². The summed E-state index contributed by atoms with van der Waals surface area (Å²) < 4.78 is 43.8. The fourth-order valence-corrected chi connectivity index (χ4v) is 3.75. The number of aliphatic hydroxyl groups is 1. The van der Waals surface area contributed by atoms with Gasteiger partial charge in [0.05, 0.1) is 25.5 Å². The van der Waals surface area contributed by atoms with Crippen LogP contribution in [0.15, 0.2) is 12.1 Å². The second-order valence-electron chi connectivity index (χ2n) is 6.77. The maximum absolute atomic E-state index is 12.9. The molecule has 2 unspecified atom stereocenters. The maximum Gasteiger partial charge on any atom is 0.433 e. The molecule has 27 heavy (non-hydrogen) atoms. The summed E-state index contributed by atoms with van der Waals surface area (Å²) in [6, 6.07) is 1.59. The first-order chi connectivity index (χ1) is 12.7. The van der Waals surface area contributed by atoms with E-state index in [0.717, 1.165) is 6.07 Å². The molecule has 2 bridgehead atoms. The summed E-state index contributed by atoms with van der Waals surface area (Å²) in [5.41, 5.74) is -1.74. The van der Waals surface area contributed by atoms with E-state index >= 15 is 0 Å². The zero-order valence-corrected chi connectivity index (χ0v) is 14.3. The monoisotopic (exact) mass is 385 g/mol. The van der Waals surface area contributed by atoms with Crippen molar-refractivity contribution in [3.05, 3.63) is 29.1 Å². The molecule has 1 aromatic heterocycles. The van der Waals surface area contributed by atoms with Crippen molar-refractivity contribution in [2.24, 2.45) is 17.8 Å². The third kappa shape index (κ3) is 3.79. The van der Waals surface area contributed by atoms with Gasteiger partial charge in [-0.1, -0.05) is 0 Å². The first-order valence-corrected chi connectivity index (χ1v) is 8.61. The van der Waals surface area contributed by atoms with Crippen LogP contribution in [0.1, 0.15) is 41.0 Å². The summed E-state index contributed by atoms with van der Waals surface area (Å²) in [4.78, 5) is 41.3. The van der Waals surface area contributed by atoms with Crippen LogP contribution in [-0.2, 0) is 27.1 Å². The number of rotatable bonds is 6. The fourth-order valence-electron chi connectivity index (χ4n) is 3.75. The number of aliphatic hydroxyl groups excluding tert-OH is 1. The minimum absolute atomic E-state index is 0.156. The third-order valence-corrected chi connectivity index (χ3v) is 5.07. The molecule has 1 N–H and O–H groups in total. The van der Waals surface area contributed by atoms with Crippen LogP contribution >= 0.6 is 0 Å². The molecule has 146 valence electrons. The van der Waals surface area contributed by atoms with Gasteiger partial charge in [-0.15, -0.1) is 0 Å². The van der Waals surface area contributed by atoms with Crippen molar-refractivity contribution in [2.45, 2.75) is 32.0 Å². The first kappa shape index (κ1) is 19.6. The Balaban J connectivity index is 1.95. The molecule has 0 spiro atoms. The van der Waals surface area contributed by atoms with Gasteiger partial charge in [-0.05, 0) is 31.4 Å². The number of ether oxygens (including phenoxy) is 1. The van der Waals surface area contributed by atoms with Gasteiger partial charge in [0.15, 0.2) is 17.3 Å². The molecule has 2 fully saturated rings. The standard InChI is InChI=1S/C18H18F3NO5/c19-18(20,21)13-4-3-11(12(22-13)8-27-6-5-23)17(26)14-15(24)9-1-2-10(7-9)16(14)25/h3-4,9-10,14,23H,1-2,5-8H2. The fraction of sp³-hybridized carbons (Fsp3) is 0.556. The summed E-state index contributed by atoms with van der Waals surface area (Å²) >= 11 is 0. The number of aromatic nitrogens is 1. The van der Waals surface area contributed by atoms with Crippen molar-refractivity contribution in [1.29, 1.82) is 0 Å². The lowest BCUT2D eigenvalue weighted by Crippen LogP contribution is -2.42. The van der Waals surface area contributed by atoms with Crippen LogP contribution in [0.25, 0.3) is 0 Å². The number of carbonyl (C=O) groups is 3. The average Bonchev–Trinajstić information content (AvgIpc) is 3.07. The van der Waals surface area contributed by atoms with Crippen molar-refractivity contribution >= 4 is 17.3 Å². The number of Topliss-reactive ketones (excluding diaryl/α,β-unsaturated/α-hetero) is 3. The molecule has 6 nitrogen and oxygen atoms in total. The highest BCUT2D eigenvalue weighted by molar-refractivity contribution is 6.26. The average molecular weight is 385 g/mol. The van der Waals surface area contributed by atoms with Crippen LogP contribution in [-0.4, -0.2) is 40.7 Å². The highest BCUT2D eigenvalue weighted by Crippen LogP contribution is 2.41. The molecular formula is C18H18F3NO5. The van der Waals surface area contributed by atoms with E-state index in [1.165, 1.54) is 0 Å². The Morgan fingerprint density at radius 2 is 1.81 bits per heavy atom. The molecular weight excluding hydrogens is 367 g/mol. The van der Waals surface area contributed by atoms with Gasteiger partial charge in [0.2, 0.25) is 0 Å². The smallest absolute Gasteiger partial charge is 0.394 e. The normalized spacial score (nSPS) is 25.1. The number of ketones is 3. The summed E-state index contributed by atoms with van der Waals surface area (Å²) in [7, 11) is 0. The Labute approximate surface area is 152 Å². The number of carbonyl (C=O) groups excluding carboxylic acids is 3. The molecule has 1 aromatic rings. The van der Waals surface area contributed by atoms with Gasteiger partial charge >= 0.3 is 6.18 Å². The zero-order valence-electron chi connectivity index (χ0n) is 14.3. The maximum atomic E-state index is 12.9. The van der Waals surface area contributed by atoms with Crippen molar-refractivity contribution < 1.29 is 37.4 Å². The van der Waals surface area contributed by atoms with Crippen LogP contribution in [0.2, 0.25) is 0 Å². The molecule has 0 saturated heterocycles. The van der Waals surface area contributed by atoms with Gasteiger partial charge in [-0.3, -0.25) is 14.4 Å². The minimum atomic E-state index is -4.72. The summed E-state index contributed by atoms with van der Waals surface area (Å²) in [5.74, 6) is -3.92. The lowest BCUT2D eigenvalue weighted by Gasteiger charge is -2.25. The Hall–Kier alpha value is -2.13. The topological polar surface area (TPSA) is 93.6 Å². The largest absolute Gasteiger partial charge is 0.433 e. The quantitative estimate of drug-likeness (QED) is 0.457. The van der Waals surface area contributed by atoms with E-state index in [1.807, 2.05) is 0 Å². The molecule has 0 aliphatic heterocycles. The minimum Gasteiger partial charge on any atom is -0.394 e. The van der Waals surface area contributed by atoms with Crippen LogP contribution in [0, 0.1) is 17.8 Å². The number of hydrogen-bond acceptors (Lipinski definition) is 6. The molecule has 9 heteroatoms. The molecule has 0 aromatic carbocycles. The van der Waals surface area contributed by atoms with Crippen LogP contribution in [0.3, 0.4) is 0 Å². The van der Waals surface area contributed by atoms with Crippen molar-refractivity contribution in [2.75, 3.05) is 13.2 Å². The van der Waals surface area contributed by atoms with E-state index in [-0.39, 0.29) is 36.3 Å². The Morgan fingerprint density at radius 3 is 2.37 bits per heavy atom. The van der Waals surface area contributed by atoms with E-state index in [1.54, 1.807) is 0 Å². The van der Waals surface area contributed by atoms with Gasteiger partial charge in [-0.25, -0.2) is 4.98 Å². The Kier molecular flexibility index (Phi) is 5.43. The molecule has 3 rings (SSSR count). The third-order valence-electron chi connectivity index (χ3n) is 5.07. The molecule has 2 saturated carbocycles. The Bertz CT molecular complexity index is 755. The molecule has 2 aliphatic rings. The summed E-state index contributed by atoms with van der Waals surface area (Å²) in [5, 5.41) is 8.76. The molecule has 2 atom stereocenters. The first-order valence-electron chi connectivity index (χ1n) is 8.61. The number of hydrogen-bond donors (Lipinski definition) is 1.